The Morgan fingerprint density at radius 3 is 2.70 bits per heavy atom. The van der Waals surface area contributed by atoms with E-state index in [-0.39, 0.29) is 18.3 Å². The van der Waals surface area contributed by atoms with Crippen LogP contribution in [-0.2, 0) is 4.79 Å². The van der Waals surface area contributed by atoms with Gasteiger partial charge in [0.2, 0.25) is 0 Å². The molecule has 1 aromatic heterocycles. The number of halogens is 1. The maximum absolute atomic E-state index is 12.7. The SMILES string of the molecule is CC(C)c1csc(NC(=O)COc2ccc(F)cc2)n1. The molecule has 106 valence electrons. The first-order valence-electron chi connectivity index (χ1n) is 6.18. The second-order valence-electron chi connectivity index (χ2n) is 4.52. The van der Waals surface area contributed by atoms with E-state index in [4.69, 9.17) is 4.74 Å². The van der Waals surface area contributed by atoms with Crippen molar-refractivity contribution in [3.8, 4) is 5.75 Å². The standard InChI is InChI=1S/C14H15FN2O2S/c1-9(2)12-8-20-14(16-12)17-13(18)7-19-11-5-3-10(15)4-6-11/h3-6,8-9H,7H2,1-2H3,(H,16,17,18). The van der Waals surface area contributed by atoms with Crippen LogP contribution in [0.2, 0.25) is 0 Å². The Kier molecular flexibility index (Phi) is 4.68. The Labute approximate surface area is 120 Å². The minimum atomic E-state index is -0.342. The lowest BCUT2D eigenvalue weighted by Crippen LogP contribution is -2.20. The molecule has 0 saturated carbocycles. The summed E-state index contributed by atoms with van der Waals surface area (Å²) in [5.74, 6) is 0.140. The lowest BCUT2D eigenvalue weighted by Gasteiger charge is -2.05. The lowest BCUT2D eigenvalue weighted by atomic mass is 10.2. The van der Waals surface area contributed by atoms with Crippen LogP contribution in [0, 0.1) is 5.82 Å². The van der Waals surface area contributed by atoms with E-state index in [1.54, 1.807) is 0 Å². The number of carbonyl (C=O) groups excluding carboxylic acids is 1. The molecule has 6 heteroatoms. The van der Waals surface area contributed by atoms with Gasteiger partial charge in [-0.25, -0.2) is 9.37 Å². The number of thiazole rings is 1. The molecule has 2 aromatic rings. The van der Waals surface area contributed by atoms with Crippen molar-refractivity contribution in [3.05, 3.63) is 41.2 Å². The average Bonchev–Trinajstić information content (AvgIpc) is 2.87. The highest BCUT2D eigenvalue weighted by Crippen LogP contribution is 2.21. The molecule has 0 atom stereocenters. The van der Waals surface area contributed by atoms with Crippen LogP contribution in [-0.4, -0.2) is 17.5 Å². The molecule has 4 nitrogen and oxygen atoms in total. The Bertz CT molecular complexity index is 581. The zero-order valence-electron chi connectivity index (χ0n) is 11.2. The highest BCUT2D eigenvalue weighted by Gasteiger charge is 2.09. The number of carbonyl (C=O) groups is 1. The van der Waals surface area contributed by atoms with Gasteiger partial charge in [-0.15, -0.1) is 11.3 Å². The van der Waals surface area contributed by atoms with E-state index in [0.29, 0.717) is 16.8 Å². The first-order chi connectivity index (χ1) is 9.54. The highest BCUT2D eigenvalue weighted by molar-refractivity contribution is 7.13. The van der Waals surface area contributed by atoms with Gasteiger partial charge in [-0.3, -0.25) is 10.1 Å². The van der Waals surface area contributed by atoms with E-state index in [2.05, 4.69) is 10.3 Å². The smallest absolute Gasteiger partial charge is 0.264 e. The van der Waals surface area contributed by atoms with Crippen molar-refractivity contribution in [1.29, 1.82) is 0 Å². The summed E-state index contributed by atoms with van der Waals surface area (Å²) in [6.45, 7) is 3.94. The Hall–Kier alpha value is -1.95. The van der Waals surface area contributed by atoms with Crippen molar-refractivity contribution in [2.75, 3.05) is 11.9 Å². The summed E-state index contributed by atoms with van der Waals surface area (Å²) < 4.78 is 17.9. The molecule has 0 aliphatic carbocycles. The van der Waals surface area contributed by atoms with Crippen molar-refractivity contribution < 1.29 is 13.9 Å². The Morgan fingerprint density at radius 2 is 2.10 bits per heavy atom. The molecule has 1 N–H and O–H groups in total. The van der Waals surface area contributed by atoms with Gasteiger partial charge in [-0.2, -0.15) is 0 Å². The first-order valence-corrected chi connectivity index (χ1v) is 7.06. The normalized spacial score (nSPS) is 10.6. The third-order valence-electron chi connectivity index (χ3n) is 2.54. The number of anilines is 1. The summed E-state index contributed by atoms with van der Waals surface area (Å²) in [5.41, 5.74) is 0.949. The molecule has 1 aromatic carbocycles. The molecule has 0 bridgehead atoms. The van der Waals surface area contributed by atoms with Gasteiger partial charge in [0.15, 0.2) is 11.7 Å². The predicted octanol–water partition coefficient (Wildman–Crippen LogP) is 3.42. The maximum atomic E-state index is 12.7. The van der Waals surface area contributed by atoms with E-state index >= 15 is 0 Å². The quantitative estimate of drug-likeness (QED) is 0.919. The van der Waals surface area contributed by atoms with Gasteiger partial charge in [0.25, 0.3) is 5.91 Å². The molecule has 2 rings (SSSR count). The first kappa shape index (κ1) is 14.5. The van der Waals surface area contributed by atoms with Gasteiger partial charge in [0.05, 0.1) is 5.69 Å². The topological polar surface area (TPSA) is 51.2 Å². The van der Waals surface area contributed by atoms with Crippen molar-refractivity contribution >= 4 is 22.4 Å². The zero-order valence-corrected chi connectivity index (χ0v) is 12.0. The van der Waals surface area contributed by atoms with E-state index in [1.807, 2.05) is 19.2 Å². The Balaban J connectivity index is 1.84. The van der Waals surface area contributed by atoms with Crippen LogP contribution in [0.25, 0.3) is 0 Å². The van der Waals surface area contributed by atoms with Crippen LogP contribution in [0.1, 0.15) is 25.5 Å². The van der Waals surface area contributed by atoms with E-state index < -0.39 is 0 Å². The molecule has 0 spiro atoms. The molecule has 0 radical (unpaired) electrons. The van der Waals surface area contributed by atoms with Gasteiger partial charge >= 0.3 is 0 Å². The van der Waals surface area contributed by atoms with Crippen LogP contribution < -0.4 is 10.1 Å². The van der Waals surface area contributed by atoms with Crippen LogP contribution in [0.15, 0.2) is 29.6 Å². The molecule has 0 saturated heterocycles. The number of nitrogens with one attached hydrogen (secondary N) is 1. The summed E-state index contributed by atoms with van der Waals surface area (Å²) in [4.78, 5) is 16.0. The van der Waals surface area contributed by atoms with Crippen molar-refractivity contribution in [2.45, 2.75) is 19.8 Å². The summed E-state index contributed by atoms with van der Waals surface area (Å²) >= 11 is 1.38. The number of benzene rings is 1. The second-order valence-corrected chi connectivity index (χ2v) is 5.38. The molecular formula is C14H15FN2O2S. The molecule has 1 amide bonds. The summed E-state index contributed by atoms with van der Waals surface area (Å²) in [6, 6.07) is 5.51. The molecule has 0 aliphatic rings. The molecule has 0 unspecified atom stereocenters. The number of hydrogen-bond donors (Lipinski definition) is 1. The van der Waals surface area contributed by atoms with Crippen LogP contribution in [0.4, 0.5) is 9.52 Å². The van der Waals surface area contributed by atoms with Crippen molar-refractivity contribution in [2.24, 2.45) is 0 Å². The fraction of sp³-hybridized carbons (Fsp3) is 0.286. The minimum absolute atomic E-state index is 0.137. The number of ether oxygens (including phenoxy) is 1. The number of nitrogens with zero attached hydrogens (tertiary/aromatic N) is 1. The largest absolute Gasteiger partial charge is 0.484 e. The van der Waals surface area contributed by atoms with Gasteiger partial charge in [-0.1, -0.05) is 13.8 Å². The van der Waals surface area contributed by atoms with Crippen molar-refractivity contribution in [3.63, 3.8) is 0 Å². The van der Waals surface area contributed by atoms with E-state index in [0.717, 1.165) is 5.69 Å². The second kappa shape index (κ2) is 6.47. The number of amides is 1. The zero-order chi connectivity index (χ0) is 14.5. The molecule has 1 heterocycles. The third-order valence-corrected chi connectivity index (χ3v) is 3.32. The predicted molar refractivity (Wildman–Crippen MR) is 76.7 cm³/mol. The van der Waals surface area contributed by atoms with Crippen LogP contribution in [0.5, 0.6) is 5.75 Å². The number of rotatable bonds is 5. The minimum Gasteiger partial charge on any atom is -0.484 e. The van der Waals surface area contributed by atoms with E-state index in [1.165, 1.54) is 35.6 Å². The average molecular weight is 294 g/mol. The summed E-state index contributed by atoms with van der Waals surface area (Å²) in [5, 5.41) is 5.14. The lowest BCUT2D eigenvalue weighted by molar-refractivity contribution is -0.118. The molecule has 0 fully saturated rings. The summed E-state index contributed by atoms with van der Waals surface area (Å²) in [7, 11) is 0. The van der Waals surface area contributed by atoms with Gasteiger partial charge in [-0.05, 0) is 30.2 Å². The van der Waals surface area contributed by atoms with Crippen LogP contribution in [0.3, 0.4) is 0 Å². The maximum Gasteiger partial charge on any atom is 0.264 e. The van der Waals surface area contributed by atoms with E-state index in [9.17, 15) is 9.18 Å². The Morgan fingerprint density at radius 1 is 1.40 bits per heavy atom. The fourth-order valence-electron chi connectivity index (χ4n) is 1.44. The monoisotopic (exact) mass is 294 g/mol. The number of hydrogen-bond acceptors (Lipinski definition) is 4. The number of aromatic nitrogens is 1. The highest BCUT2D eigenvalue weighted by atomic mass is 32.1. The van der Waals surface area contributed by atoms with Gasteiger partial charge in [0.1, 0.15) is 11.6 Å². The molecule has 20 heavy (non-hydrogen) atoms. The van der Waals surface area contributed by atoms with Crippen molar-refractivity contribution in [1.82, 2.24) is 4.98 Å². The third kappa shape index (κ3) is 4.03. The fourth-order valence-corrected chi connectivity index (χ4v) is 2.33. The summed E-state index contributed by atoms with van der Waals surface area (Å²) in [6.07, 6.45) is 0. The van der Waals surface area contributed by atoms with Gasteiger partial charge in [0, 0.05) is 5.38 Å². The van der Waals surface area contributed by atoms with Crippen LogP contribution >= 0.6 is 11.3 Å². The molecular weight excluding hydrogens is 279 g/mol. The van der Waals surface area contributed by atoms with Gasteiger partial charge < -0.3 is 4.74 Å². The molecule has 0 aliphatic heterocycles.